The smallest absolute Gasteiger partial charge is 0.251 e. The topological polar surface area (TPSA) is 41.1 Å². The zero-order chi connectivity index (χ0) is 8.98. The number of hydrogen-bond donors (Lipinski definition) is 2. The van der Waals surface area contributed by atoms with Gasteiger partial charge in [-0.05, 0) is 30.5 Å². The van der Waals surface area contributed by atoms with E-state index in [9.17, 15) is 4.79 Å². The van der Waals surface area contributed by atoms with Crippen LogP contribution in [0.15, 0.2) is 0 Å². The van der Waals surface area contributed by atoms with Crippen molar-refractivity contribution in [2.45, 2.75) is 32.2 Å². The van der Waals surface area contributed by atoms with Crippen LogP contribution in [0.5, 0.6) is 0 Å². The maximum Gasteiger partial charge on any atom is 0.251 e. The molecule has 1 saturated carbocycles. The van der Waals surface area contributed by atoms with E-state index in [1.165, 1.54) is 0 Å². The molecule has 1 heterocycles. The maximum atomic E-state index is 11.4. The first-order valence-corrected chi connectivity index (χ1v) is 4.48. The average molecular weight is 184 g/mol. The Morgan fingerprint density at radius 1 is 1.42 bits per heavy atom. The summed E-state index contributed by atoms with van der Waals surface area (Å²) in [5.41, 5.74) is -0.0785. The number of amides is 1. The summed E-state index contributed by atoms with van der Waals surface area (Å²) in [5, 5.41) is 6.15. The van der Waals surface area contributed by atoms with Crippen LogP contribution >= 0.6 is 12.2 Å². The van der Waals surface area contributed by atoms with Gasteiger partial charge in [0.15, 0.2) is 5.11 Å². The van der Waals surface area contributed by atoms with E-state index in [0.717, 1.165) is 12.8 Å². The van der Waals surface area contributed by atoms with Crippen LogP contribution in [0, 0.1) is 5.41 Å². The lowest BCUT2D eigenvalue weighted by molar-refractivity contribution is -0.131. The third-order valence-corrected chi connectivity index (χ3v) is 2.78. The Morgan fingerprint density at radius 2 is 2.00 bits per heavy atom. The van der Waals surface area contributed by atoms with Crippen molar-refractivity contribution in [2.75, 3.05) is 0 Å². The second-order valence-corrected chi connectivity index (χ2v) is 4.92. The number of carbonyl (C=O) groups excluding carboxylic acids is 1. The van der Waals surface area contributed by atoms with Crippen LogP contribution in [0.4, 0.5) is 0 Å². The minimum absolute atomic E-state index is 0.0480. The van der Waals surface area contributed by atoms with Gasteiger partial charge in [-0.2, -0.15) is 0 Å². The molecule has 0 atom stereocenters. The minimum Gasteiger partial charge on any atom is -0.348 e. The third kappa shape index (κ3) is 0.941. The molecule has 2 N–H and O–H groups in total. The van der Waals surface area contributed by atoms with Gasteiger partial charge in [-0.3, -0.25) is 4.79 Å². The molecular weight excluding hydrogens is 172 g/mol. The fourth-order valence-corrected chi connectivity index (χ4v) is 2.65. The van der Waals surface area contributed by atoms with Gasteiger partial charge in [0, 0.05) is 0 Å². The average Bonchev–Trinajstić information content (AvgIpc) is 2.04. The van der Waals surface area contributed by atoms with Crippen LogP contribution in [0.25, 0.3) is 0 Å². The van der Waals surface area contributed by atoms with Gasteiger partial charge in [-0.1, -0.05) is 13.8 Å². The van der Waals surface area contributed by atoms with Gasteiger partial charge >= 0.3 is 0 Å². The van der Waals surface area contributed by atoms with E-state index >= 15 is 0 Å². The molecule has 3 nitrogen and oxygen atoms in total. The van der Waals surface area contributed by atoms with Gasteiger partial charge < -0.3 is 10.6 Å². The largest absolute Gasteiger partial charge is 0.348 e. The van der Waals surface area contributed by atoms with Crippen LogP contribution in [-0.2, 0) is 4.79 Å². The van der Waals surface area contributed by atoms with Crippen LogP contribution < -0.4 is 10.6 Å². The molecule has 0 radical (unpaired) electrons. The zero-order valence-corrected chi connectivity index (χ0v) is 8.05. The Bertz CT molecular complexity index is 264. The summed E-state index contributed by atoms with van der Waals surface area (Å²) in [7, 11) is 0. The molecule has 0 aromatic carbocycles. The molecule has 4 heteroatoms. The van der Waals surface area contributed by atoms with E-state index in [0.29, 0.717) is 5.11 Å². The van der Waals surface area contributed by atoms with E-state index in [1.54, 1.807) is 0 Å². The number of thiocarbonyl (C=S) groups is 1. The first kappa shape index (κ1) is 7.98. The lowest BCUT2D eigenvalue weighted by Gasteiger charge is -2.48. The Hall–Kier alpha value is -0.640. The molecule has 1 aliphatic heterocycles. The number of hydrogen-bond acceptors (Lipinski definition) is 2. The molecule has 12 heavy (non-hydrogen) atoms. The van der Waals surface area contributed by atoms with Gasteiger partial charge in [-0.25, -0.2) is 0 Å². The van der Waals surface area contributed by atoms with Gasteiger partial charge in [0.05, 0.1) is 0 Å². The Kier molecular flexibility index (Phi) is 1.32. The number of rotatable bonds is 0. The van der Waals surface area contributed by atoms with Gasteiger partial charge in [0.2, 0.25) is 0 Å². The third-order valence-electron chi connectivity index (χ3n) is 2.58. The summed E-state index contributed by atoms with van der Waals surface area (Å²) in [5.74, 6) is 0.0480. The van der Waals surface area contributed by atoms with Gasteiger partial charge in [0.25, 0.3) is 5.91 Å². The highest BCUT2D eigenvalue weighted by Gasteiger charge is 2.57. The molecule has 1 saturated heterocycles. The first-order chi connectivity index (χ1) is 5.44. The highest BCUT2D eigenvalue weighted by Crippen LogP contribution is 2.48. The Balaban J connectivity index is 2.16. The molecule has 0 aromatic rings. The van der Waals surface area contributed by atoms with E-state index < -0.39 is 0 Å². The first-order valence-electron chi connectivity index (χ1n) is 4.07. The normalized spacial score (nSPS) is 29.5. The van der Waals surface area contributed by atoms with Crippen LogP contribution in [0.3, 0.4) is 0 Å². The highest BCUT2D eigenvalue weighted by atomic mass is 32.1. The van der Waals surface area contributed by atoms with Crippen molar-refractivity contribution in [3.05, 3.63) is 0 Å². The fraction of sp³-hybridized carbons (Fsp3) is 0.750. The summed E-state index contributed by atoms with van der Waals surface area (Å²) in [6.45, 7) is 4.32. The maximum absolute atomic E-state index is 11.4. The highest BCUT2D eigenvalue weighted by molar-refractivity contribution is 7.80. The van der Waals surface area contributed by atoms with Crippen molar-refractivity contribution >= 4 is 23.2 Å². The minimum atomic E-state index is -0.361. The molecule has 2 aliphatic rings. The van der Waals surface area contributed by atoms with Crippen LogP contribution in [-0.4, -0.2) is 16.6 Å². The molecule has 1 spiro atoms. The monoisotopic (exact) mass is 184 g/mol. The molecule has 2 rings (SSSR count). The Labute approximate surface area is 76.9 Å². The Morgan fingerprint density at radius 3 is 2.33 bits per heavy atom. The lowest BCUT2D eigenvalue weighted by atomic mass is 9.59. The lowest BCUT2D eigenvalue weighted by Crippen LogP contribution is -2.60. The summed E-state index contributed by atoms with van der Waals surface area (Å²) < 4.78 is 0. The number of nitrogens with one attached hydrogen (secondary N) is 2. The van der Waals surface area contributed by atoms with E-state index in [4.69, 9.17) is 12.2 Å². The molecule has 2 fully saturated rings. The van der Waals surface area contributed by atoms with E-state index in [1.807, 2.05) is 0 Å². The SMILES string of the molecule is CC1(C)CC2(C1)NC(=S)NC2=O. The van der Waals surface area contributed by atoms with Gasteiger partial charge in [0.1, 0.15) is 5.54 Å². The summed E-state index contributed by atoms with van der Waals surface area (Å²) in [6, 6.07) is 0. The van der Waals surface area contributed by atoms with Gasteiger partial charge in [-0.15, -0.1) is 0 Å². The summed E-state index contributed by atoms with van der Waals surface area (Å²) in [4.78, 5) is 11.4. The van der Waals surface area contributed by atoms with Crippen molar-refractivity contribution in [1.82, 2.24) is 10.6 Å². The van der Waals surface area contributed by atoms with E-state index in [-0.39, 0.29) is 16.9 Å². The fourth-order valence-electron chi connectivity index (χ4n) is 2.36. The van der Waals surface area contributed by atoms with Crippen LogP contribution in [0.2, 0.25) is 0 Å². The van der Waals surface area contributed by atoms with Crippen molar-refractivity contribution in [3.63, 3.8) is 0 Å². The number of carbonyl (C=O) groups is 1. The van der Waals surface area contributed by atoms with Crippen molar-refractivity contribution < 1.29 is 4.79 Å². The second kappa shape index (κ2) is 1.99. The molecule has 0 bridgehead atoms. The predicted molar refractivity (Wildman–Crippen MR) is 49.6 cm³/mol. The predicted octanol–water partition coefficient (Wildman–Crippen LogP) is 0.549. The zero-order valence-electron chi connectivity index (χ0n) is 7.23. The van der Waals surface area contributed by atoms with E-state index in [2.05, 4.69) is 24.5 Å². The molecule has 1 aliphatic carbocycles. The quantitative estimate of drug-likeness (QED) is 0.540. The molecule has 66 valence electrons. The molecule has 1 amide bonds. The standard InChI is InChI=1S/C8H12N2OS/c1-7(2)3-8(4-7)5(11)9-6(12)10-8/h3-4H2,1-2H3,(H2,9,10,11,12). The second-order valence-electron chi connectivity index (χ2n) is 4.51. The van der Waals surface area contributed by atoms with Crippen molar-refractivity contribution in [3.8, 4) is 0 Å². The van der Waals surface area contributed by atoms with Crippen LogP contribution in [0.1, 0.15) is 26.7 Å². The summed E-state index contributed by atoms with van der Waals surface area (Å²) >= 11 is 4.88. The van der Waals surface area contributed by atoms with Crippen molar-refractivity contribution in [2.24, 2.45) is 5.41 Å². The molecule has 0 unspecified atom stereocenters. The summed E-state index contributed by atoms with van der Waals surface area (Å²) in [6.07, 6.45) is 1.76. The van der Waals surface area contributed by atoms with Crippen molar-refractivity contribution in [1.29, 1.82) is 0 Å². The molecular formula is C8H12N2OS. The molecule has 0 aromatic heterocycles.